The lowest BCUT2D eigenvalue weighted by Gasteiger charge is -2.12. The second-order valence-electron chi connectivity index (χ2n) is 3.60. The maximum atomic E-state index is 11.7. The molecule has 74 valence electrons. The summed E-state index contributed by atoms with van der Waals surface area (Å²) >= 11 is 1.76. The summed E-state index contributed by atoms with van der Waals surface area (Å²) in [4.78, 5) is 12.8. The second kappa shape index (κ2) is 3.65. The number of benzene rings is 1. The number of hydrogen-bond acceptors (Lipinski definition) is 2. The molecule has 1 aliphatic heterocycles. The average molecular weight is 207 g/mol. The summed E-state index contributed by atoms with van der Waals surface area (Å²) in [5.41, 5.74) is 0.943. The quantitative estimate of drug-likeness (QED) is 0.708. The summed E-state index contributed by atoms with van der Waals surface area (Å²) in [7, 11) is 0. The maximum absolute atomic E-state index is 11.7. The Morgan fingerprint density at radius 1 is 1.29 bits per heavy atom. The number of nitrogens with one attached hydrogen (secondary N) is 1. The van der Waals surface area contributed by atoms with E-state index in [1.807, 2.05) is 25.1 Å². The lowest BCUT2D eigenvalue weighted by Crippen LogP contribution is -2.24. The lowest BCUT2D eigenvalue weighted by molar-refractivity contribution is -0.119. The number of thioether (sulfide) groups is 1. The van der Waals surface area contributed by atoms with E-state index in [1.165, 1.54) is 0 Å². The van der Waals surface area contributed by atoms with Gasteiger partial charge in [0.05, 0.1) is 5.69 Å². The predicted octanol–water partition coefficient (Wildman–Crippen LogP) is 2.76. The Kier molecular flexibility index (Phi) is 2.50. The maximum Gasteiger partial charge on any atom is 0.228 e. The van der Waals surface area contributed by atoms with E-state index in [9.17, 15) is 4.79 Å². The zero-order valence-corrected chi connectivity index (χ0v) is 9.10. The number of carbonyl (C=O) groups excluding carboxylic acids is 1. The first kappa shape index (κ1) is 9.59. The van der Waals surface area contributed by atoms with Gasteiger partial charge in [-0.2, -0.15) is 0 Å². The van der Waals surface area contributed by atoms with Crippen molar-refractivity contribution >= 4 is 23.4 Å². The Morgan fingerprint density at radius 3 is 2.79 bits per heavy atom. The van der Waals surface area contributed by atoms with Crippen LogP contribution in [0.1, 0.15) is 13.8 Å². The third kappa shape index (κ3) is 1.64. The van der Waals surface area contributed by atoms with Gasteiger partial charge in [-0.3, -0.25) is 4.79 Å². The van der Waals surface area contributed by atoms with Gasteiger partial charge >= 0.3 is 0 Å². The molecule has 0 saturated carbocycles. The van der Waals surface area contributed by atoms with Gasteiger partial charge in [0.25, 0.3) is 0 Å². The minimum absolute atomic E-state index is 0.0624. The van der Waals surface area contributed by atoms with E-state index >= 15 is 0 Å². The van der Waals surface area contributed by atoms with E-state index in [4.69, 9.17) is 0 Å². The highest BCUT2D eigenvalue weighted by molar-refractivity contribution is 8.00. The molecule has 1 aromatic carbocycles. The van der Waals surface area contributed by atoms with E-state index in [0.717, 1.165) is 10.6 Å². The van der Waals surface area contributed by atoms with Crippen molar-refractivity contribution in [3.05, 3.63) is 24.3 Å². The molecule has 2 atom stereocenters. The van der Waals surface area contributed by atoms with Crippen LogP contribution in [-0.2, 0) is 4.79 Å². The number of anilines is 1. The molecule has 0 saturated heterocycles. The van der Waals surface area contributed by atoms with Crippen LogP contribution in [0, 0.1) is 5.92 Å². The van der Waals surface area contributed by atoms with E-state index in [-0.39, 0.29) is 11.8 Å². The van der Waals surface area contributed by atoms with Crippen LogP contribution in [0.4, 0.5) is 5.69 Å². The Hall–Kier alpha value is -0.960. The number of carbonyl (C=O) groups is 1. The van der Waals surface area contributed by atoms with E-state index in [2.05, 4.69) is 18.3 Å². The molecule has 3 heteroatoms. The number of fused-ring (bicyclic) bond motifs is 1. The molecule has 2 nitrogen and oxygen atoms in total. The van der Waals surface area contributed by atoms with Crippen molar-refractivity contribution in [1.29, 1.82) is 0 Å². The smallest absolute Gasteiger partial charge is 0.228 e. The zero-order valence-electron chi connectivity index (χ0n) is 8.28. The molecule has 2 rings (SSSR count). The fraction of sp³-hybridized carbons (Fsp3) is 0.364. The van der Waals surface area contributed by atoms with Gasteiger partial charge < -0.3 is 5.32 Å². The van der Waals surface area contributed by atoms with Crippen molar-refractivity contribution in [3.63, 3.8) is 0 Å². The van der Waals surface area contributed by atoms with Gasteiger partial charge in [0.2, 0.25) is 5.91 Å². The normalized spacial score (nSPS) is 26.3. The lowest BCUT2D eigenvalue weighted by atomic mass is 10.1. The molecule has 1 N–H and O–H groups in total. The second-order valence-corrected chi connectivity index (χ2v) is 5.02. The van der Waals surface area contributed by atoms with Gasteiger partial charge in [0.1, 0.15) is 0 Å². The molecular formula is C11H13NOS. The van der Waals surface area contributed by atoms with Crippen molar-refractivity contribution in [1.82, 2.24) is 0 Å². The standard InChI is InChI=1S/C11H13NOS/c1-7-8(2)14-10-6-4-3-5-9(10)12-11(7)13/h3-8H,1-2H3,(H,12,13)/t7-,8+/m1/s1. The molecule has 1 aromatic rings. The van der Waals surface area contributed by atoms with Crippen molar-refractivity contribution in [2.45, 2.75) is 24.0 Å². The minimum Gasteiger partial charge on any atom is -0.325 e. The highest BCUT2D eigenvalue weighted by Gasteiger charge is 2.25. The number of amides is 1. The van der Waals surface area contributed by atoms with Crippen LogP contribution >= 0.6 is 11.8 Å². The summed E-state index contributed by atoms with van der Waals surface area (Å²) in [6.07, 6.45) is 0. The molecule has 0 unspecified atom stereocenters. The van der Waals surface area contributed by atoms with Crippen LogP contribution in [-0.4, -0.2) is 11.2 Å². The first-order valence-corrected chi connectivity index (χ1v) is 5.63. The van der Waals surface area contributed by atoms with Crippen molar-refractivity contribution in [3.8, 4) is 0 Å². The van der Waals surface area contributed by atoms with Crippen LogP contribution in [0.15, 0.2) is 29.2 Å². The fourth-order valence-electron chi connectivity index (χ4n) is 1.43. The largest absolute Gasteiger partial charge is 0.325 e. The Bertz CT molecular complexity index is 364. The van der Waals surface area contributed by atoms with Gasteiger partial charge in [-0.15, -0.1) is 11.8 Å². The molecule has 0 bridgehead atoms. The number of para-hydroxylation sites is 1. The van der Waals surface area contributed by atoms with E-state index in [0.29, 0.717) is 5.25 Å². The van der Waals surface area contributed by atoms with E-state index < -0.39 is 0 Å². The monoisotopic (exact) mass is 207 g/mol. The van der Waals surface area contributed by atoms with Gasteiger partial charge in [-0.05, 0) is 12.1 Å². The molecule has 14 heavy (non-hydrogen) atoms. The molecule has 0 aromatic heterocycles. The summed E-state index contributed by atoms with van der Waals surface area (Å²) in [5, 5.41) is 3.27. The number of hydrogen-bond donors (Lipinski definition) is 1. The molecule has 0 fully saturated rings. The minimum atomic E-state index is 0.0624. The highest BCUT2D eigenvalue weighted by Crippen LogP contribution is 2.36. The van der Waals surface area contributed by atoms with Crippen molar-refractivity contribution < 1.29 is 4.79 Å². The van der Waals surface area contributed by atoms with E-state index in [1.54, 1.807) is 11.8 Å². The van der Waals surface area contributed by atoms with Crippen LogP contribution in [0.25, 0.3) is 0 Å². The molecule has 0 spiro atoms. The van der Waals surface area contributed by atoms with Crippen LogP contribution in [0.3, 0.4) is 0 Å². The van der Waals surface area contributed by atoms with Crippen LogP contribution in [0.5, 0.6) is 0 Å². The topological polar surface area (TPSA) is 29.1 Å². The summed E-state index contributed by atoms with van der Waals surface area (Å²) in [6, 6.07) is 7.95. The summed E-state index contributed by atoms with van der Waals surface area (Å²) < 4.78 is 0. The van der Waals surface area contributed by atoms with Gasteiger partial charge in [-0.25, -0.2) is 0 Å². The van der Waals surface area contributed by atoms with Crippen LogP contribution < -0.4 is 5.32 Å². The van der Waals surface area contributed by atoms with Crippen molar-refractivity contribution in [2.75, 3.05) is 5.32 Å². The Morgan fingerprint density at radius 2 is 2.00 bits per heavy atom. The first-order chi connectivity index (χ1) is 6.68. The number of rotatable bonds is 0. The molecule has 1 aliphatic rings. The third-order valence-electron chi connectivity index (χ3n) is 2.58. The summed E-state index contributed by atoms with van der Waals surface area (Å²) in [5.74, 6) is 0.183. The molecule has 0 aliphatic carbocycles. The zero-order chi connectivity index (χ0) is 10.1. The molecule has 1 amide bonds. The Balaban J connectivity index is 2.39. The third-order valence-corrected chi connectivity index (χ3v) is 3.97. The van der Waals surface area contributed by atoms with Crippen molar-refractivity contribution in [2.24, 2.45) is 5.92 Å². The molecule has 1 heterocycles. The van der Waals surface area contributed by atoms with Gasteiger partial charge in [0, 0.05) is 16.1 Å². The molecular weight excluding hydrogens is 194 g/mol. The first-order valence-electron chi connectivity index (χ1n) is 4.75. The predicted molar refractivity (Wildman–Crippen MR) is 59.6 cm³/mol. The van der Waals surface area contributed by atoms with Gasteiger partial charge in [-0.1, -0.05) is 26.0 Å². The summed E-state index contributed by atoms with van der Waals surface area (Å²) in [6.45, 7) is 4.07. The van der Waals surface area contributed by atoms with Crippen LogP contribution in [0.2, 0.25) is 0 Å². The highest BCUT2D eigenvalue weighted by atomic mass is 32.2. The Labute approximate surface area is 88.1 Å². The van der Waals surface area contributed by atoms with Gasteiger partial charge in [0.15, 0.2) is 0 Å². The SMILES string of the molecule is C[C@@H]1Sc2ccccc2NC(=O)[C@@H]1C. The average Bonchev–Trinajstić information content (AvgIpc) is 2.28. The molecule has 0 radical (unpaired) electrons. The fourth-order valence-corrected chi connectivity index (χ4v) is 2.57.